The lowest BCUT2D eigenvalue weighted by atomic mass is 10.00. The molecule has 4 nitrogen and oxygen atoms in total. The first kappa shape index (κ1) is 15.0. The minimum absolute atomic E-state index is 0.0590. The maximum atomic E-state index is 11.9. The predicted molar refractivity (Wildman–Crippen MR) is 79.9 cm³/mol. The largest absolute Gasteiger partial charge is 0.375 e. The number of anilines is 1. The highest BCUT2D eigenvalue weighted by Gasteiger charge is 2.35. The molecular formula is C14H15Cl2N3O. The van der Waals surface area contributed by atoms with Gasteiger partial charge in [0, 0.05) is 0 Å². The van der Waals surface area contributed by atoms with Gasteiger partial charge in [-0.1, -0.05) is 29.3 Å². The third-order valence-electron chi connectivity index (χ3n) is 3.44. The number of benzene rings is 1. The highest BCUT2D eigenvalue weighted by molar-refractivity contribution is 6.43. The van der Waals surface area contributed by atoms with Gasteiger partial charge in [-0.15, -0.1) is 0 Å². The molecule has 1 saturated carbocycles. The van der Waals surface area contributed by atoms with Gasteiger partial charge in [0.25, 0.3) is 0 Å². The van der Waals surface area contributed by atoms with Gasteiger partial charge in [-0.05, 0) is 37.8 Å². The minimum atomic E-state index is -0.698. The van der Waals surface area contributed by atoms with Gasteiger partial charge in [0.1, 0.15) is 5.54 Å². The molecule has 6 heteroatoms. The molecule has 1 amide bonds. The van der Waals surface area contributed by atoms with Crippen LogP contribution in [0.4, 0.5) is 5.69 Å². The third kappa shape index (κ3) is 3.36. The van der Waals surface area contributed by atoms with Crippen LogP contribution in [0.15, 0.2) is 18.2 Å². The molecule has 1 aromatic carbocycles. The second-order valence-electron chi connectivity index (χ2n) is 4.90. The lowest BCUT2D eigenvalue weighted by molar-refractivity contribution is -0.120. The van der Waals surface area contributed by atoms with E-state index >= 15 is 0 Å². The molecular weight excluding hydrogens is 297 g/mol. The predicted octanol–water partition coefficient (Wildman–Crippen LogP) is 3.36. The first-order valence-corrected chi connectivity index (χ1v) is 7.22. The first-order valence-electron chi connectivity index (χ1n) is 6.46. The Morgan fingerprint density at radius 2 is 2.05 bits per heavy atom. The monoisotopic (exact) mass is 311 g/mol. The number of nitrogens with one attached hydrogen (secondary N) is 2. The van der Waals surface area contributed by atoms with Crippen LogP contribution < -0.4 is 10.6 Å². The number of carbonyl (C=O) groups excluding carboxylic acids is 1. The molecule has 1 aromatic rings. The number of carbonyl (C=O) groups is 1. The van der Waals surface area contributed by atoms with Crippen LogP contribution in [-0.2, 0) is 4.79 Å². The molecule has 0 unspecified atom stereocenters. The number of amides is 1. The summed E-state index contributed by atoms with van der Waals surface area (Å²) in [6.45, 7) is 0.0590. The molecule has 0 bridgehead atoms. The number of rotatable bonds is 4. The molecule has 20 heavy (non-hydrogen) atoms. The highest BCUT2D eigenvalue weighted by atomic mass is 35.5. The van der Waals surface area contributed by atoms with E-state index in [1.807, 2.05) is 0 Å². The van der Waals surface area contributed by atoms with E-state index in [-0.39, 0.29) is 12.5 Å². The second-order valence-corrected chi connectivity index (χ2v) is 5.69. The lowest BCUT2D eigenvalue weighted by Gasteiger charge is -2.22. The first-order chi connectivity index (χ1) is 9.56. The highest BCUT2D eigenvalue weighted by Crippen LogP contribution is 2.30. The summed E-state index contributed by atoms with van der Waals surface area (Å²) in [5.41, 5.74) is -0.0941. The van der Waals surface area contributed by atoms with E-state index in [2.05, 4.69) is 16.7 Å². The molecule has 0 heterocycles. The number of hydrogen-bond acceptors (Lipinski definition) is 3. The summed E-state index contributed by atoms with van der Waals surface area (Å²) < 4.78 is 0. The zero-order valence-corrected chi connectivity index (χ0v) is 12.4. The van der Waals surface area contributed by atoms with Crippen molar-refractivity contribution in [3.63, 3.8) is 0 Å². The lowest BCUT2D eigenvalue weighted by Crippen LogP contribution is -2.47. The van der Waals surface area contributed by atoms with E-state index in [1.54, 1.807) is 18.2 Å². The van der Waals surface area contributed by atoms with Crippen LogP contribution in [0.25, 0.3) is 0 Å². The van der Waals surface area contributed by atoms with Crippen molar-refractivity contribution in [2.24, 2.45) is 0 Å². The number of nitrogens with zero attached hydrogens (tertiary/aromatic N) is 1. The summed E-state index contributed by atoms with van der Waals surface area (Å²) in [6.07, 6.45) is 3.38. The molecule has 0 atom stereocenters. The summed E-state index contributed by atoms with van der Waals surface area (Å²) in [6, 6.07) is 7.40. The maximum Gasteiger partial charge on any atom is 0.240 e. The molecule has 0 aliphatic heterocycles. The molecule has 0 spiro atoms. The van der Waals surface area contributed by atoms with Crippen LogP contribution in [0.2, 0.25) is 10.0 Å². The summed E-state index contributed by atoms with van der Waals surface area (Å²) in [4.78, 5) is 11.9. The van der Waals surface area contributed by atoms with Gasteiger partial charge in [-0.3, -0.25) is 4.79 Å². The summed E-state index contributed by atoms with van der Waals surface area (Å²) >= 11 is 11.9. The summed E-state index contributed by atoms with van der Waals surface area (Å²) in [7, 11) is 0. The Labute approximate surface area is 128 Å². The molecule has 1 aliphatic rings. The molecule has 0 aromatic heterocycles. The standard InChI is InChI=1S/C14H15Cl2N3O/c15-10-4-3-5-11(13(10)16)18-8-12(20)19-14(9-17)6-1-2-7-14/h3-5,18H,1-2,6-8H2,(H,19,20). The van der Waals surface area contributed by atoms with Crippen LogP contribution >= 0.6 is 23.2 Å². The van der Waals surface area contributed by atoms with Gasteiger partial charge in [0.15, 0.2) is 0 Å². The normalized spacial score (nSPS) is 16.4. The number of hydrogen-bond donors (Lipinski definition) is 2. The van der Waals surface area contributed by atoms with Crippen LogP contribution in [0.1, 0.15) is 25.7 Å². The summed E-state index contributed by atoms with van der Waals surface area (Å²) in [5, 5.41) is 15.8. The van der Waals surface area contributed by atoms with Gasteiger partial charge in [-0.2, -0.15) is 5.26 Å². The fraction of sp³-hybridized carbons (Fsp3) is 0.429. The zero-order chi connectivity index (χ0) is 14.6. The van der Waals surface area contributed by atoms with Crippen molar-refractivity contribution in [2.75, 3.05) is 11.9 Å². The Hall–Kier alpha value is -1.44. The maximum absolute atomic E-state index is 11.9. The van der Waals surface area contributed by atoms with Crippen molar-refractivity contribution in [1.82, 2.24) is 5.32 Å². The van der Waals surface area contributed by atoms with Crippen molar-refractivity contribution < 1.29 is 4.79 Å². The van der Waals surface area contributed by atoms with E-state index in [0.717, 1.165) is 12.8 Å². The van der Waals surface area contributed by atoms with Crippen molar-refractivity contribution >= 4 is 34.8 Å². The van der Waals surface area contributed by atoms with Crippen LogP contribution in [0.5, 0.6) is 0 Å². The molecule has 106 valence electrons. The van der Waals surface area contributed by atoms with Crippen LogP contribution in [-0.4, -0.2) is 18.0 Å². The van der Waals surface area contributed by atoms with Gasteiger partial charge in [0.2, 0.25) is 5.91 Å². The Balaban J connectivity index is 1.93. The van der Waals surface area contributed by atoms with Crippen molar-refractivity contribution in [3.05, 3.63) is 28.2 Å². The fourth-order valence-corrected chi connectivity index (χ4v) is 2.74. The fourth-order valence-electron chi connectivity index (χ4n) is 2.37. The van der Waals surface area contributed by atoms with Crippen molar-refractivity contribution in [3.8, 4) is 6.07 Å². The smallest absolute Gasteiger partial charge is 0.240 e. The average Bonchev–Trinajstić information content (AvgIpc) is 2.89. The van der Waals surface area contributed by atoms with Crippen molar-refractivity contribution in [2.45, 2.75) is 31.2 Å². The quantitative estimate of drug-likeness (QED) is 0.896. The van der Waals surface area contributed by atoms with E-state index in [9.17, 15) is 10.1 Å². The van der Waals surface area contributed by atoms with Crippen LogP contribution in [0, 0.1) is 11.3 Å². The van der Waals surface area contributed by atoms with Gasteiger partial charge in [-0.25, -0.2) is 0 Å². The summed E-state index contributed by atoms with van der Waals surface area (Å²) in [5.74, 6) is -0.218. The van der Waals surface area contributed by atoms with E-state index in [1.165, 1.54) is 0 Å². The number of halogens is 2. The van der Waals surface area contributed by atoms with Gasteiger partial charge >= 0.3 is 0 Å². The number of nitriles is 1. The van der Waals surface area contributed by atoms with Gasteiger partial charge in [0.05, 0.1) is 28.3 Å². The Kier molecular flexibility index (Phi) is 4.74. The van der Waals surface area contributed by atoms with E-state index in [0.29, 0.717) is 28.6 Å². The zero-order valence-electron chi connectivity index (χ0n) is 10.9. The molecule has 0 saturated heterocycles. The third-order valence-corrected chi connectivity index (χ3v) is 4.26. The molecule has 2 N–H and O–H groups in total. The van der Waals surface area contributed by atoms with Gasteiger partial charge < -0.3 is 10.6 Å². The Morgan fingerprint density at radius 3 is 2.70 bits per heavy atom. The molecule has 1 aliphatic carbocycles. The molecule has 0 radical (unpaired) electrons. The molecule has 1 fully saturated rings. The Bertz CT molecular complexity index is 548. The molecule has 2 rings (SSSR count). The topological polar surface area (TPSA) is 64.9 Å². The average molecular weight is 312 g/mol. The Morgan fingerprint density at radius 1 is 1.35 bits per heavy atom. The SMILES string of the molecule is N#CC1(NC(=O)CNc2cccc(Cl)c2Cl)CCCC1. The van der Waals surface area contributed by atoms with Crippen molar-refractivity contribution in [1.29, 1.82) is 5.26 Å². The second kappa shape index (κ2) is 6.34. The minimum Gasteiger partial charge on any atom is -0.375 e. The van der Waals surface area contributed by atoms with Crippen LogP contribution in [0.3, 0.4) is 0 Å². The van der Waals surface area contributed by atoms with E-state index in [4.69, 9.17) is 23.2 Å². The van der Waals surface area contributed by atoms with E-state index < -0.39 is 5.54 Å².